The first kappa shape index (κ1) is 16.3. The van der Waals surface area contributed by atoms with Crippen molar-refractivity contribution in [1.82, 2.24) is 4.90 Å². The van der Waals surface area contributed by atoms with Crippen molar-refractivity contribution in [2.45, 2.75) is 20.4 Å². The van der Waals surface area contributed by atoms with E-state index in [9.17, 15) is 4.79 Å². The highest BCUT2D eigenvalue weighted by Crippen LogP contribution is 2.19. The first-order valence-corrected chi connectivity index (χ1v) is 8.66. The average Bonchev–Trinajstić information content (AvgIpc) is 2.50. The highest BCUT2D eigenvalue weighted by molar-refractivity contribution is 7.99. The molecule has 21 heavy (non-hydrogen) atoms. The van der Waals surface area contributed by atoms with Gasteiger partial charge in [0.15, 0.2) is 0 Å². The number of benzene rings is 1. The van der Waals surface area contributed by atoms with Crippen molar-refractivity contribution < 1.29 is 4.79 Å². The molecule has 1 saturated heterocycles. The third kappa shape index (κ3) is 4.73. The van der Waals surface area contributed by atoms with E-state index in [1.165, 1.54) is 17.1 Å². The molecule has 116 valence electrons. The summed E-state index contributed by atoms with van der Waals surface area (Å²) in [5.41, 5.74) is 8.83. The summed E-state index contributed by atoms with van der Waals surface area (Å²) in [4.78, 5) is 14.4. The predicted molar refractivity (Wildman–Crippen MR) is 90.6 cm³/mol. The van der Waals surface area contributed by atoms with Gasteiger partial charge in [-0.05, 0) is 24.1 Å². The molecule has 0 bridgehead atoms. The number of nitrogens with two attached hydrogens (primary N) is 1. The van der Waals surface area contributed by atoms with Gasteiger partial charge in [0, 0.05) is 49.3 Å². The van der Waals surface area contributed by atoms with Gasteiger partial charge in [0.1, 0.15) is 0 Å². The van der Waals surface area contributed by atoms with Crippen LogP contribution in [0.4, 0.5) is 5.69 Å². The van der Waals surface area contributed by atoms with Crippen LogP contribution in [0.1, 0.15) is 18.1 Å². The van der Waals surface area contributed by atoms with Gasteiger partial charge < -0.3 is 11.1 Å². The van der Waals surface area contributed by atoms with Crippen molar-refractivity contribution in [2.24, 2.45) is 11.7 Å². The van der Waals surface area contributed by atoms with Crippen LogP contribution in [0.15, 0.2) is 18.2 Å². The fourth-order valence-electron chi connectivity index (χ4n) is 2.34. The zero-order valence-electron chi connectivity index (χ0n) is 12.9. The van der Waals surface area contributed by atoms with E-state index in [0.29, 0.717) is 6.54 Å². The lowest BCUT2D eigenvalue weighted by atomic mass is 10.1. The van der Waals surface area contributed by atoms with Gasteiger partial charge in [-0.3, -0.25) is 9.69 Å². The van der Waals surface area contributed by atoms with E-state index in [-0.39, 0.29) is 11.8 Å². The standard InChI is InChI=1S/C16H25N3OS/c1-12-9-14(11-19-5-7-21-8-6-19)3-4-15(12)18-16(20)13(2)10-17/h3-4,9,13H,5-8,10-11,17H2,1-2H3,(H,18,20). The van der Waals surface area contributed by atoms with E-state index in [1.54, 1.807) is 0 Å². The molecule has 0 aromatic heterocycles. The molecule has 0 radical (unpaired) electrons. The Morgan fingerprint density at radius 1 is 1.43 bits per heavy atom. The number of anilines is 1. The van der Waals surface area contributed by atoms with Crippen molar-refractivity contribution in [3.05, 3.63) is 29.3 Å². The maximum atomic E-state index is 11.9. The quantitative estimate of drug-likeness (QED) is 0.874. The SMILES string of the molecule is Cc1cc(CN2CCSCC2)ccc1NC(=O)C(C)CN. The van der Waals surface area contributed by atoms with E-state index in [1.807, 2.05) is 31.7 Å². The molecular formula is C16H25N3OS. The molecule has 0 saturated carbocycles. The summed E-state index contributed by atoms with van der Waals surface area (Å²) in [6.07, 6.45) is 0. The number of rotatable bonds is 5. The zero-order valence-corrected chi connectivity index (χ0v) is 13.7. The number of carbonyl (C=O) groups excluding carboxylic acids is 1. The molecule has 1 heterocycles. The molecule has 0 aliphatic carbocycles. The molecule has 1 aromatic rings. The van der Waals surface area contributed by atoms with Crippen molar-refractivity contribution in [2.75, 3.05) is 36.5 Å². The number of hydrogen-bond donors (Lipinski definition) is 2. The molecule has 1 aliphatic heterocycles. The predicted octanol–water partition coefficient (Wildman–Crippen LogP) is 2.08. The summed E-state index contributed by atoms with van der Waals surface area (Å²) in [6, 6.07) is 6.28. The summed E-state index contributed by atoms with van der Waals surface area (Å²) in [5.74, 6) is 2.28. The van der Waals surface area contributed by atoms with Crippen LogP contribution < -0.4 is 11.1 Å². The summed E-state index contributed by atoms with van der Waals surface area (Å²) in [7, 11) is 0. The third-order valence-electron chi connectivity index (χ3n) is 3.86. The number of hydrogen-bond acceptors (Lipinski definition) is 4. The van der Waals surface area contributed by atoms with Crippen molar-refractivity contribution >= 4 is 23.4 Å². The van der Waals surface area contributed by atoms with Gasteiger partial charge in [-0.25, -0.2) is 0 Å². The smallest absolute Gasteiger partial charge is 0.228 e. The van der Waals surface area contributed by atoms with Crippen LogP contribution in [0.25, 0.3) is 0 Å². The second-order valence-corrected chi connectivity index (χ2v) is 6.89. The van der Waals surface area contributed by atoms with Gasteiger partial charge in [-0.15, -0.1) is 0 Å². The first-order valence-electron chi connectivity index (χ1n) is 7.50. The number of nitrogens with zero attached hydrogens (tertiary/aromatic N) is 1. The summed E-state index contributed by atoms with van der Waals surface area (Å²) < 4.78 is 0. The Bertz CT molecular complexity index is 486. The average molecular weight is 307 g/mol. The van der Waals surface area contributed by atoms with Crippen LogP contribution in [0.2, 0.25) is 0 Å². The van der Waals surface area contributed by atoms with Gasteiger partial charge in [0.05, 0.1) is 0 Å². The molecule has 1 aliphatic rings. The summed E-state index contributed by atoms with van der Waals surface area (Å²) >= 11 is 2.03. The second-order valence-electron chi connectivity index (χ2n) is 5.66. The van der Waals surface area contributed by atoms with E-state index in [4.69, 9.17) is 5.73 Å². The molecular weight excluding hydrogens is 282 g/mol. The second kappa shape index (κ2) is 7.82. The number of aryl methyl sites for hydroxylation is 1. The molecule has 2 rings (SSSR count). The fraction of sp³-hybridized carbons (Fsp3) is 0.562. The van der Waals surface area contributed by atoms with E-state index < -0.39 is 0 Å². The minimum absolute atomic E-state index is 0.0126. The van der Waals surface area contributed by atoms with Crippen LogP contribution in [-0.2, 0) is 11.3 Å². The maximum absolute atomic E-state index is 11.9. The fourth-order valence-corrected chi connectivity index (χ4v) is 3.32. The topological polar surface area (TPSA) is 58.4 Å². The number of amides is 1. The highest BCUT2D eigenvalue weighted by Gasteiger charge is 2.13. The van der Waals surface area contributed by atoms with Crippen LogP contribution >= 0.6 is 11.8 Å². The third-order valence-corrected chi connectivity index (χ3v) is 4.80. The van der Waals surface area contributed by atoms with E-state index in [2.05, 4.69) is 22.3 Å². The molecule has 1 unspecified atom stereocenters. The lowest BCUT2D eigenvalue weighted by molar-refractivity contribution is -0.119. The van der Waals surface area contributed by atoms with Gasteiger partial charge in [0.25, 0.3) is 0 Å². The highest BCUT2D eigenvalue weighted by atomic mass is 32.2. The summed E-state index contributed by atoms with van der Waals surface area (Å²) in [6.45, 7) is 7.57. The summed E-state index contributed by atoms with van der Waals surface area (Å²) in [5, 5.41) is 2.96. The number of thioether (sulfide) groups is 1. The molecule has 5 heteroatoms. The minimum atomic E-state index is -0.157. The molecule has 3 N–H and O–H groups in total. The van der Waals surface area contributed by atoms with Crippen molar-refractivity contribution in [3.63, 3.8) is 0 Å². The Balaban J connectivity index is 1.98. The Morgan fingerprint density at radius 2 is 2.14 bits per heavy atom. The molecule has 1 fully saturated rings. The Labute approximate surface area is 131 Å². The molecule has 1 amide bonds. The van der Waals surface area contributed by atoms with E-state index >= 15 is 0 Å². The normalized spacial score (nSPS) is 17.5. The Morgan fingerprint density at radius 3 is 2.76 bits per heavy atom. The largest absolute Gasteiger partial charge is 0.330 e. The Hall–Kier alpha value is -1.04. The van der Waals surface area contributed by atoms with Gasteiger partial charge in [-0.2, -0.15) is 11.8 Å². The van der Waals surface area contributed by atoms with Crippen LogP contribution in [-0.4, -0.2) is 41.9 Å². The van der Waals surface area contributed by atoms with Gasteiger partial charge >= 0.3 is 0 Å². The lowest BCUT2D eigenvalue weighted by Crippen LogP contribution is -2.32. The maximum Gasteiger partial charge on any atom is 0.228 e. The molecule has 0 spiro atoms. The monoisotopic (exact) mass is 307 g/mol. The zero-order chi connectivity index (χ0) is 15.2. The van der Waals surface area contributed by atoms with Crippen molar-refractivity contribution in [3.8, 4) is 0 Å². The van der Waals surface area contributed by atoms with E-state index in [0.717, 1.165) is 30.9 Å². The number of carbonyl (C=O) groups is 1. The molecule has 4 nitrogen and oxygen atoms in total. The van der Waals surface area contributed by atoms with Crippen LogP contribution in [0, 0.1) is 12.8 Å². The van der Waals surface area contributed by atoms with Crippen LogP contribution in [0.5, 0.6) is 0 Å². The van der Waals surface area contributed by atoms with Crippen LogP contribution in [0.3, 0.4) is 0 Å². The first-order chi connectivity index (χ1) is 10.1. The van der Waals surface area contributed by atoms with Crippen molar-refractivity contribution in [1.29, 1.82) is 0 Å². The van der Waals surface area contributed by atoms with Gasteiger partial charge in [-0.1, -0.05) is 19.1 Å². The lowest BCUT2D eigenvalue weighted by Gasteiger charge is -2.26. The number of nitrogens with one attached hydrogen (secondary N) is 1. The molecule has 1 atom stereocenters. The van der Waals surface area contributed by atoms with Gasteiger partial charge in [0.2, 0.25) is 5.91 Å². The molecule has 1 aromatic carbocycles. The Kier molecular flexibility index (Phi) is 6.08. The minimum Gasteiger partial charge on any atom is -0.330 e.